The minimum atomic E-state index is 0.0518. The number of aromatic amines is 1. The molecular formula is C17H28N8. The number of hydrogen-bond acceptors (Lipinski definition) is 7. The summed E-state index contributed by atoms with van der Waals surface area (Å²) < 4.78 is 0. The van der Waals surface area contributed by atoms with E-state index in [1.54, 1.807) is 6.20 Å². The summed E-state index contributed by atoms with van der Waals surface area (Å²) in [4.78, 5) is 4.14. The molecule has 2 heterocycles. The van der Waals surface area contributed by atoms with Crippen LogP contribution < -0.4 is 28.1 Å². The summed E-state index contributed by atoms with van der Waals surface area (Å²) in [5.41, 5.74) is 17.2. The first-order chi connectivity index (χ1) is 12.2. The first-order valence-corrected chi connectivity index (χ1v) is 8.94. The molecule has 1 fully saturated rings. The van der Waals surface area contributed by atoms with E-state index in [0.29, 0.717) is 23.4 Å². The minimum Gasteiger partial charge on any atom is -0.395 e. The number of nitrogens with one attached hydrogen (secondary N) is 3. The highest BCUT2D eigenvalue weighted by Gasteiger charge is 2.22. The Hall–Kier alpha value is -2.32. The summed E-state index contributed by atoms with van der Waals surface area (Å²) in [5.74, 6) is 6.37. The average molecular weight is 344 g/mol. The smallest absolute Gasteiger partial charge is 0.165 e. The van der Waals surface area contributed by atoms with Crippen molar-refractivity contribution >= 4 is 17.3 Å². The maximum atomic E-state index is 6.27. The second kappa shape index (κ2) is 8.17. The van der Waals surface area contributed by atoms with Crippen LogP contribution in [0.25, 0.3) is 0 Å². The predicted molar refractivity (Wildman–Crippen MR) is 101 cm³/mol. The zero-order chi connectivity index (χ0) is 17.6. The third-order valence-corrected chi connectivity index (χ3v) is 4.99. The van der Waals surface area contributed by atoms with E-state index in [4.69, 9.17) is 17.3 Å². The topological polar surface area (TPSA) is 144 Å². The molecule has 1 unspecified atom stereocenters. The summed E-state index contributed by atoms with van der Waals surface area (Å²) in [6.45, 7) is 0.904. The van der Waals surface area contributed by atoms with Gasteiger partial charge in [0.2, 0.25) is 0 Å². The standard InChI is InChI=1S/C17H28N8/c18-15-10-13(16(19)17(23-15)24-20)12(14-7-9-22-25-14)6-8-21-11-4-2-1-3-5-11/h7,9-12,21H,1-6,8,19-20H2,(H,22,25)(H3,18,23,24). The lowest BCUT2D eigenvalue weighted by Gasteiger charge is -2.25. The summed E-state index contributed by atoms with van der Waals surface area (Å²) in [5, 5.41) is 10.8. The summed E-state index contributed by atoms with van der Waals surface area (Å²) in [7, 11) is 0. The van der Waals surface area contributed by atoms with E-state index in [1.165, 1.54) is 32.1 Å². The second-order valence-corrected chi connectivity index (χ2v) is 6.69. The lowest BCUT2D eigenvalue weighted by molar-refractivity contribution is 0.369. The maximum absolute atomic E-state index is 6.27. The van der Waals surface area contributed by atoms with Gasteiger partial charge in [-0.1, -0.05) is 19.3 Å². The number of hydrogen-bond donors (Lipinski definition) is 6. The summed E-state index contributed by atoms with van der Waals surface area (Å²) in [6, 6.07) is 4.41. The van der Waals surface area contributed by atoms with Crippen LogP contribution in [0.4, 0.5) is 17.3 Å². The molecule has 0 saturated heterocycles. The van der Waals surface area contributed by atoms with Crippen LogP contribution in [-0.4, -0.2) is 27.8 Å². The molecule has 9 N–H and O–H groups in total. The van der Waals surface area contributed by atoms with Crippen LogP contribution in [-0.2, 0) is 0 Å². The molecule has 1 aliphatic carbocycles. The fourth-order valence-electron chi connectivity index (χ4n) is 3.67. The number of nitrogen functional groups attached to an aromatic ring is 3. The van der Waals surface area contributed by atoms with E-state index < -0.39 is 0 Å². The molecule has 0 spiro atoms. The quantitative estimate of drug-likeness (QED) is 0.331. The van der Waals surface area contributed by atoms with Gasteiger partial charge in [0.25, 0.3) is 0 Å². The van der Waals surface area contributed by atoms with Crippen molar-refractivity contribution in [2.75, 3.05) is 23.4 Å². The van der Waals surface area contributed by atoms with Gasteiger partial charge in [0.15, 0.2) is 5.82 Å². The van der Waals surface area contributed by atoms with Crippen molar-refractivity contribution in [3.8, 4) is 0 Å². The third kappa shape index (κ3) is 4.21. The van der Waals surface area contributed by atoms with E-state index in [2.05, 4.69) is 25.9 Å². The Kier molecular flexibility index (Phi) is 5.72. The number of H-pyrrole nitrogens is 1. The van der Waals surface area contributed by atoms with Crippen LogP contribution in [0.3, 0.4) is 0 Å². The molecule has 8 nitrogen and oxygen atoms in total. The van der Waals surface area contributed by atoms with Crippen LogP contribution in [0.2, 0.25) is 0 Å². The molecule has 0 amide bonds. The van der Waals surface area contributed by atoms with Crippen LogP contribution >= 0.6 is 0 Å². The van der Waals surface area contributed by atoms with Gasteiger partial charge >= 0.3 is 0 Å². The number of aromatic nitrogens is 3. The molecule has 25 heavy (non-hydrogen) atoms. The van der Waals surface area contributed by atoms with Crippen molar-refractivity contribution in [1.29, 1.82) is 0 Å². The number of nitrogens with two attached hydrogens (primary N) is 3. The van der Waals surface area contributed by atoms with Crippen molar-refractivity contribution < 1.29 is 0 Å². The van der Waals surface area contributed by atoms with Gasteiger partial charge in [-0.2, -0.15) is 5.10 Å². The largest absolute Gasteiger partial charge is 0.395 e. The van der Waals surface area contributed by atoms with Gasteiger partial charge in [0.1, 0.15) is 5.82 Å². The lowest BCUT2D eigenvalue weighted by Crippen LogP contribution is -2.32. The average Bonchev–Trinajstić information content (AvgIpc) is 3.16. The van der Waals surface area contributed by atoms with Gasteiger partial charge in [-0.15, -0.1) is 0 Å². The molecule has 0 bridgehead atoms. The summed E-state index contributed by atoms with van der Waals surface area (Å²) in [6.07, 6.45) is 9.16. The van der Waals surface area contributed by atoms with Crippen molar-refractivity contribution in [2.45, 2.75) is 50.5 Å². The zero-order valence-electron chi connectivity index (χ0n) is 14.5. The van der Waals surface area contributed by atoms with E-state index in [9.17, 15) is 0 Å². The predicted octanol–water partition coefficient (Wildman–Crippen LogP) is 1.70. The Morgan fingerprint density at radius 3 is 2.72 bits per heavy atom. The third-order valence-electron chi connectivity index (χ3n) is 4.99. The van der Waals surface area contributed by atoms with E-state index in [1.807, 2.05) is 12.1 Å². The molecule has 2 aromatic heterocycles. The van der Waals surface area contributed by atoms with Crippen LogP contribution in [0.1, 0.15) is 55.7 Å². The normalized spacial score (nSPS) is 16.7. The minimum absolute atomic E-state index is 0.0518. The molecule has 2 aromatic rings. The Bertz CT molecular complexity index is 664. The fourth-order valence-corrected chi connectivity index (χ4v) is 3.67. The van der Waals surface area contributed by atoms with Gasteiger partial charge in [-0.3, -0.25) is 5.10 Å². The van der Waals surface area contributed by atoms with Crippen molar-refractivity contribution in [3.05, 3.63) is 29.6 Å². The van der Waals surface area contributed by atoms with Crippen LogP contribution in [0, 0.1) is 0 Å². The molecule has 3 rings (SSSR count). The van der Waals surface area contributed by atoms with E-state index in [-0.39, 0.29) is 5.92 Å². The molecule has 1 aliphatic rings. The molecule has 0 aromatic carbocycles. The number of nitrogens with zero attached hydrogens (tertiary/aromatic N) is 2. The highest BCUT2D eigenvalue weighted by molar-refractivity contribution is 5.69. The Balaban J connectivity index is 1.77. The van der Waals surface area contributed by atoms with Gasteiger partial charge in [0, 0.05) is 23.9 Å². The number of anilines is 3. The fraction of sp³-hybridized carbons (Fsp3) is 0.529. The van der Waals surface area contributed by atoms with Crippen LogP contribution in [0.5, 0.6) is 0 Å². The van der Waals surface area contributed by atoms with Crippen LogP contribution in [0.15, 0.2) is 18.3 Å². The molecule has 136 valence electrons. The zero-order valence-corrected chi connectivity index (χ0v) is 14.5. The van der Waals surface area contributed by atoms with Gasteiger partial charge < -0.3 is 22.2 Å². The van der Waals surface area contributed by atoms with Gasteiger partial charge in [-0.05, 0) is 43.5 Å². The van der Waals surface area contributed by atoms with Crippen molar-refractivity contribution in [3.63, 3.8) is 0 Å². The molecule has 8 heteroatoms. The molecular weight excluding hydrogens is 316 g/mol. The summed E-state index contributed by atoms with van der Waals surface area (Å²) >= 11 is 0. The number of rotatable bonds is 7. The second-order valence-electron chi connectivity index (χ2n) is 6.69. The van der Waals surface area contributed by atoms with Crippen molar-refractivity contribution in [1.82, 2.24) is 20.5 Å². The first-order valence-electron chi connectivity index (χ1n) is 8.94. The monoisotopic (exact) mass is 344 g/mol. The van der Waals surface area contributed by atoms with Gasteiger partial charge in [-0.25, -0.2) is 10.8 Å². The molecule has 0 aliphatic heterocycles. The first kappa shape index (κ1) is 17.5. The SMILES string of the molecule is NNc1nc(N)cc(C(CCNC2CCCCC2)c2ccn[nH]2)c1N. The lowest BCUT2D eigenvalue weighted by atomic mass is 9.90. The molecule has 1 saturated carbocycles. The van der Waals surface area contributed by atoms with E-state index >= 15 is 0 Å². The molecule has 0 radical (unpaired) electrons. The highest BCUT2D eigenvalue weighted by Crippen LogP contribution is 2.34. The van der Waals surface area contributed by atoms with Crippen molar-refractivity contribution in [2.24, 2.45) is 5.84 Å². The maximum Gasteiger partial charge on any atom is 0.165 e. The molecule has 1 atom stereocenters. The number of pyridine rings is 1. The Labute approximate surface area is 147 Å². The Morgan fingerprint density at radius 1 is 1.24 bits per heavy atom. The van der Waals surface area contributed by atoms with E-state index in [0.717, 1.165) is 24.2 Å². The van der Waals surface area contributed by atoms with Gasteiger partial charge in [0.05, 0.1) is 5.69 Å². The Morgan fingerprint density at radius 2 is 2.04 bits per heavy atom. The highest BCUT2D eigenvalue weighted by atomic mass is 15.3. The number of hydrazine groups is 1.